The van der Waals surface area contributed by atoms with Crippen LogP contribution in [-0.2, 0) is 9.47 Å². The van der Waals surface area contributed by atoms with Crippen LogP contribution in [0.25, 0.3) is 0 Å². The van der Waals surface area contributed by atoms with Crippen molar-refractivity contribution in [2.45, 2.75) is 32.7 Å². The molecule has 80 valence electrons. The maximum absolute atomic E-state index is 5.68. The first-order valence-corrected chi connectivity index (χ1v) is 4.99. The van der Waals surface area contributed by atoms with Gasteiger partial charge in [0.15, 0.2) is 0 Å². The molecule has 0 aromatic rings. The molecule has 3 nitrogen and oxygen atoms in total. The van der Waals surface area contributed by atoms with Gasteiger partial charge in [0, 0.05) is 13.7 Å². The topological polar surface area (TPSA) is 44.5 Å². The van der Waals surface area contributed by atoms with E-state index in [9.17, 15) is 0 Å². The summed E-state index contributed by atoms with van der Waals surface area (Å²) in [7, 11) is 1.65. The van der Waals surface area contributed by atoms with E-state index in [2.05, 4.69) is 13.8 Å². The normalized spacial score (nSPS) is 13.6. The van der Waals surface area contributed by atoms with Crippen molar-refractivity contribution in [2.75, 3.05) is 26.9 Å². The van der Waals surface area contributed by atoms with Crippen LogP contribution < -0.4 is 5.73 Å². The maximum atomic E-state index is 5.68. The zero-order valence-electron chi connectivity index (χ0n) is 9.08. The van der Waals surface area contributed by atoms with Crippen molar-refractivity contribution in [3.8, 4) is 0 Å². The summed E-state index contributed by atoms with van der Waals surface area (Å²) in [6, 6.07) is 0.0176. The van der Waals surface area contributed by atoms with Gasteiger partial charge in [0.25, 0.3) is 0 Å². The van der Waals surface area contributed by atoms with E-state index in [4.69, 9.17) is 15.2 Å². The third-order valence-electron chi connectivity index (χ3n) is 1.78. The molecule has 2 N–H and O–H groups in total. The summed E-state index contributed by atoms with van der Waals surface area (Å²) in [5.41, 5.74) is 5.68. The third-order valence-corrected chi connectivity index (χ3v) is 1.78. The minimum atomic E-state index is 0.0176. The molecule has 13 heavy (non-hydrogen) atoms. The van der Waals surface area contributed by atoms with Gasteiger partial charge in [-0.25, -0.2) is 0 Å². The minimum Gasteiger partial charge on any atom is -0.383 e. The maximum Gasteiger partial charge on any atom is 0.0640 e. The number of methoxy groups -OCH3 is 1. The van der Waals surface area contributed by atoms with Crippen molar-refractivity contribution in [3.63, 3.8) is 0 Å². The highest BCUT2D eigenvalue weighted by molar-refractivity contribution is 4.57. The average Bonchev–Trinajstić information content (AvgIpc) is 2.03. The second-order valence-electron chi connectivity index (χ2n) is 3.83. The SMILES string of the molecule is COCC(N)COCCCC(C)C. The van der Waals surface area contributed by atoms with E-state index in [-0.39, 0.29) is 6.04 Å². The van der Waals surface area contributed by atoms with Gasteiger partial charge >= 0.3 is 0 Å². The smallest absolute Gasteiger partial charge is 0.0640 e. The van der Waals surface area contributed by atoms with Crippen LogP contribution >= 0.6 is 0 Å². The van der Waals surface area contributed by atoms with Gasteiger partial charge in [-0.1, -0.05) is 13.8 Å². The first-order valence-electron chi connectivity index (χ1n) is 4.99. The Morgan fingerprint density at radius 1 is 1.23 bits per heavy atom. The molecule has 0 saturated heterocycles. The van der Waals surface area contributed by atoms with Crippen LogP contribution in [0, 0.1) is 5.92 Å². The van der Waals surface area contributed by atoms with E-state index in [1.54, 1.807) is 7.11 Å². The van der Waals surface area contributed by atoms with Gasteiger partial charge < -0.3 is 15.2 Å². The van der Waals surface area contributed by atoms with Crippen molar-refractivity contribution >= 4 is 0 Å². The molecular weight excluding hydrogens is 166 g/mol. The van der Waals surface area contributed by atoms with Gasteiger partial charge in [0.1, 0.15) is 0 Å². The largest absolute Gasteiger partial charge is 0.383 e. The second kappa shape index (κ2) is 8.48. The highest BCUT2D eigenvalue weighted by Gasteiger charge is 2.01. The number of nitrogens with two attached hydrogens (primary N) is 1. The summed E-state index contributed by atoms with van der Waals surface area (Å²) in [5.74, 6) is 0.760. The fourth-order valence-electron chi connectivity index (χ4n) is 1.09. The molecule has 1 unspecified atom stereocenters. The summed E-state index contributed by atoms with van der Waals surface area (Å²) < 4.78 is 10.3. The molecule has 0 heterocycles. The van der Waals surface area contributed by atoms with Gasteiger partial charge in [-0.3, -0.25) is 0 Å². The summed E-state index contributed by atoms with van der Waals surface area (Å²) in [6.45, 7) is 6.43. The van der Waals surface area contributed by atoms with Crippen molar-refractivity contribution in [2.24, 2.45) is 11.7 Å². The molecule has 1 atom stereocenters. The molecule has 0 saturated carbocycles. The van der Waals surface area contributed by atoms with E-state index in [0.717, 1.165) is 18.9 Å². The summed E-state index contributed by atoms with van der Waals surface area (Å²) in [4.78, 5) is 0. The van der Waals surface area contributed by atoms with Crippen molar-refractivity contribution in [1.82, 2.24) is 0 Å². The number of rotatable bonds is 8. The molecule has 0 rings (SSSR count). The summed E-state index contributed by atoms with van der Waals surface area (Å²) in [6.07, 6.45) is 2.34. The Morgan fingerprint density at radius 2 is 1.92 bits per heavy atom. The fraction of sp³-hybridized carbons (Fsp3) is 1.00. The van der Waals surface area contributed by atoms with E-state index < -0.39 is 0 Å². The standard InChI is InChI=1S/C10H23NO2/c1-9(2)5-4-6-13-8-10(11)7-12-3/h9-10H,4-8,11H2,1-3H3. The number of hydrogen-bond acceptors (Lipinski definition) is 3. The molecule has 0 spiro atoms. The Balaban J connectivity index is 3.06. The molecule has 0 aromatic carbocycles. The van der Waals surface area contributed by atoms with Crippen LogP contribution in [0.4, 0.5) is 0 Å². The van der Waals surface area contributed by atoms with E-state index in [1.807, 2.05) is 0 Å². The van der Waals surface area contributed by atoms with E-state index in [1.165, 1.54) is 6.42 Å². The summed E-state index contributed by atoms with van der Waals surface area (Å²) in [5, 5.41) is 0. The zero-order chi connectivity index (χ0) is 10.1. The Hall–Kier alpha value is -0.120. The monoisotopic (exact) mass is 189 g/mol. The molecule has 3 heteroatoms. The second-order valence-corrected chi connectivity index (χ2v) is 3.83. The van der Waals surface area contributed by atoms with E-state index in [0.29, 0.717) is 13.2 Å². The molecule has 0 radical (unpaired) electrons. The van der Waals surface area contributed by atoms with Crippen LogP contribution in [-0.4, -0.2) is 33.0 Å². The highest BCUT2D eigenvalue weighted by atomic mass is 16.5. The molecule has 0 fully saturated rings. The Labute approximate surface area is 81.6 Å². The lowest BCUT2D eigenvalue weighted by Crippen LogP contribution is -2.31. The summed E-state index contributed by atoms with van der Waals surface area (Å²) >= 11 is 0. The van der Waals surface area contributed by atoms with Crippen LogP contribution in [0.1, 0.15) is 26.7 Å². The quantitative estimate of drug-likeness (QED) is 0.587. The predicted molar refractivity (Wildman–Crippen MR) is 54.7 cm³/mol. The Kier molecular flexibility index (Phi) is 8.40. The molecule has 0 aliphatic carbocycles. The van der Waals surface area contributed by atoms with Crippen molar-refractivity contribution in [3.05, 3.63) is 0 Å². The molecule has 0 aliphatic heterocycles. The number of ether oxygens (including phenoxy) is 2. The molecule has 0 bridgehead atoms. The van der Waals surface area contributed by atoms with E-state index >= 15 is 0 Å². The van der Waals surface area contributed by atoms with Gasteiger partial charge in [-0.15, -0.1) is 0 Å². The van der Waals surface area contributed by atoms with Crippen LogP contribution in [0.15, 0.2) is 0 Å². The average molecular weight is 189 g/mol. The van der Waals surface area contributed by atoms with Gasteiger partial charge in [-0.05, 0) is 18.8 Å². The van der Waals surface area contributed by atoms with Crippen molar-refractivity contribution < 1.29 is 9.47 Å². The zero-order valence-corrected chi connectivity index (χ0v) is 9.08. The van der Waals surface area contributed by atoms with Crippen LogP contribution in [0.5, 0.6) is 0 Å². The molecule has 0 aliphatic rings. The lowest BCUT2D eigenvalue weighted by Gasteiger charge is -2.11. The van der Waals surface area contributed by atoms with Crippen LogP contribution in [0.3, 0.4) is 0 Å². The lowest BCUT2D eigenvalue weighted by atomic mass is 10.1. The highest BCUT2D eigenvalue weighted by Crippen LogP contribution is 2.02. The molecule has 0 aromatic heterocycles. The fourth-order valence-corrected chi connectivity index (χ4v) is 1.09. The van der Waals surface area contributed by atoms with Gasteiger partial charge in [0.05, 0.1) is 19.3 Å². The Bertz CT molecular complexity index is 107. The lowest BCUT2D eigenvalue weighted by molar-refractivity contribution is 0.0836. The predicted octanol–water partition coefficient (Wildman–Crippen LogP) is 1.41. The van der Waals surface area contributed by atoms with Crippen LogP contribution in [0.2, 0.25) is 0 Å². The van der Waals surface area contributed by atoms with Gasteiger partial charge in [-0.2, -0.15) is 0 Å². The molecule has 0 amide bonds. The third kappa shape index (κ3) is 9.80. The minimum absolute atomic E-state index is 0.0176. The first kappa shape index (κ1) is 12.9. The first-order chi connectivity index (χ1) is 6.16. The van der Waals surface area contributed by atoms with Gasteiger partial charge in [0.2, 0.25) is 0 Å². The number of hydrogen-bond donors (Lipinski definition) is 1. The Morgan fingerprint density at radius 3 is 2.46 bits per heavy atom. The molecular formula is C10H23NO2. The van der Waals surface area contributed by atoms with Crippen molar-refractivity contribution in [1.29, 1.82) is 0 Å².